The Hall–Kier alpha value is -2.67. The highest BCUT2D eigenvalue weighted by Gasteiger charge is 2.26. The summed E-state index contributed by atoms with van der Waals surface area (Å²) < 4.78 is 11.5. The number of morpholine rings is 1. The maximum atomic E-state index is 10.9. The zero-order valence-electron chi connectivity index (χ0n) is 19.7. The third-order valence-electron chi connectivity index (χ3n) is 5.90. The van der Waals surface area contributed by atoms with Crippen molar-refractivity contribution >= 4 is 5.88 Å². The molecule has 0 radical (unpaired) electrons. The molecule has 0 spiro atoms. The largest absolute Gasteiger partial charge is 0.391 e. The third-order valence-corrected chi connectivity index (χ3v) is 5.90. The number of ether oxygens (including phenoxy) is 1. The van der Waals surface area contributed by atoms with Gasteiger partial charge in [0.2, 0.25) is 5.88 Å². The molecule has 33 heavy (non-hydrogen) atoms. The molecule has 0 aliphatic carbocycles. The van der Waals surface area contributed by atoms with Gasteiger partial charge in [-0.05, 0) is 17.9 Å². The van der Waals surface area contributed by atoms with Crippen molar-refractivity contribution in [2.24, 2.45) is 5.92 Å². The standard InChI is InChI=1S/C27H35N3O3/c1-21(2)18-29(19-24(31)17-22-9-5-3-6-10-22)20-25-26(23-11-7-4-8-12-23)28-33-27(25)30-13-15-32-16-14-30/h3-12,21,24,31H,13-20H2,1-2H3. The molecular weight excluding hydrogens is 414 g/mol. The van der Waals surface area contributed by atoms with Crippen LogP contribution in [0.4, 0.5) is 5.88 Å². The van der Waals surface area contributed by atoms with Gasteiger partial charge in [-0.2, -0.15) is 0 Å². The number of anilines is 1. The van der Waals surface area contributed by atoms with Gasteiger partial charge in [0.05, 0.1) is 24.9 Å². The number of aliphatic hydroxyl groups is 1. The third kappa shape index (κ3) is 6.44. The summed E-state index contributed by atoms with van der Waals surface area (Å²) in [5.74, 6) is 1.30. The van der Waals surface area contributed by atoms with Crippen molar-refractivity contribution in [1.29, 1.82) is 0 Å². The lowest BCUT2D eigenvalue weighted by Crippen LogP contribution is -2.38. The summed E-state index contributed by atoms with van der Waals surface area (Å²) in [4.78, 5) is 4.56. The normalized spacial score (nSPS) is 15.4. The highest BCUT2D eigenvalue weighted by molar-refractivity contribution is 5.68. The van der Waals surface area contributed by atoms with Gasteiger partial charge in [0.15, 0.2) is 0 Å². The first-order valence-electron chi connectivity index (χ1n) is 11.9. The molecule has 1 fully saturated rings. The van der Waals surface area contributed by atoms with Crippen molar-refractivity contribution in [3.05, 3.63) is 71.8 Å². The van der Waals surface area contributed by atoms with E-state index in [1.807, 2.05) is 36.4 Å². The average molecular weight is 450 g/mol. The summed E-state index contributed by atoms with van der Waals surface area (Å²) >= 11 is 0. The van der Waals surface area contributed by atoms with Gasteiger partial charge in [0.1, 0.15) is 5.69 Å². The molecule has 1 aromatic heterocycles. The smallest absolute Gasteiger partial charge is 0.232 e. The van der Waals surface area contributed by atoms with Crippen LogP contribution in [0.3, 0.4) is 0 Å². The lowest BCUT2D eigenvalue weighted by atomic mass is 10.0. The number of hydrogen-bond acceptors (Lipinski definition) is 6. The van der Waals surface area contributed by atoms with E-state index in [0.29, 0.717) is 38.6 Å². The van der Waals surface area contributed by atoms with E-state index < -0.39 is 6.10 Å². The molecule has 2 heterocycles. The molecule has 1 aliphatic rings. The molecule has 6 heteroatoms. The van der Waals surface area contributed by atoms with Crippen LogP contribution in [0.1, 0.15) is 25.0 Å². The summed E-state index contributed by atoms with van der Waals surface area (Å²) in [7, 11) is 0. The first-order chi connectivity index (χ1) is 16.1. The number of benzene rings is 2. The predicted molar refractivity (Wildman–Crippen MR) is 131 cm³/mol. The van der Waals surface area contributed by atoms with Crippen LogP contribution in [0, 0.1) is 5.92 Å². The van der Waals surface area contributed by atoms with Gasteiger partial charge in [-0.3, -0.25) is 4.90 Å². The highest BCUT2D eigenvalue weighted by atomic mass is 16.5. The van der Waals surface area contributed by atoms with E-state index in [1.165, 1.54) is 0 Å². The Morgan fingerprint density at radius 2 is 1.64 bits per heavy atom. The molecule has 0 bridgehead atoms. The first kappa shape index (κ1) is 23.5. The Balaban J connectivity index is 1.59. The van der Waals surface area contributed by atoms with Gasteiger partial charge in [0.25, 0.3) is 0 Å². The Kier molecular flexibility index (Phi) is 8.15. The Bertz CT molecular complexity index is 969. The predicted octanol–water partition coefficient (Wildman–Crippen LogP) is 4.24. The van der Waals surface area contributed by atoms with Crippen LogP contribution in [-0.2, 0) is 17.7 Å². The van der Waals surface area contributed by atoms with Gasteiger partial charge in [-0.1, -0.05) is 79.7 Å². The molecule has 4 rings (SSSR count). The van der Waals surface area contributed by atoms with E-state index >= 15 is 0 Å². The molecule has 0 saturated carbocycles. The van der Waals surface area contributed by atoms with Crippen LogP contribution < -0.4 is 4.90 Å². The Morgan fingerprint density at radius 1 is 0.970 bits per heavy atom. The molecule has 2 aromatic carbocycles. The fraction of sp³-hybridized carbons (Fsp3) is 0.444. The molecule has 1 saturated heterocycles. The van der Waals surface area contributed by atoms with Crippen LogP contribution >= 0.6 is 0 Å². The van der Waals surface area contributed by atoms with Gasteiger partial charge >= 0.3 is 0 Å². The zero-order valence-corrected chi connectivity index (χ0v) is 19.7. The topological polar surface area (TPSA) is 62.0 Å². The number of aromatic nitrogens is 1. The fourth-order valence-electron chi connectivity index (χ4n) is 4.47. The second-order valence-electron chi connectivity index (χ2n) is 9.21. The fourth-order valence-corrected chi connectivity index (χ4v) is 4.47. The molecular formula is C27H35N3O3. The maximum absolute atomic E-state index is 10.9. The Morgan fingerprint density at radius 3 is 2.30 bits per heavy atom. The Labute approximate surface area is 196 Å². The van der Waals surface area contributed by atoms with E-state index in [1.54, 1.807) is 0 Å². The van der Waals surface area contributed by atoms with Crippen molar-refractivity contribution in [3.8, 4) is 11.3 Å². The second-order valence-corrected chi connectivity index (χ2v) is 9.21. The quantitative estimate of drug-likeness (QED) is 0.500. The van der Waals surface area contributed by atoms with Gasteiger partial charge in [0, 0.05) is 38.3 Å². The maximum Gasteiger partial charge on any atom is 0.232 e. The molecule has 1 N–H and O–H groups in total. The van der Waals surface area contributed by atoms with Crippen molar-refractivity contribution < 1.29 is 14.4 Å². The monoisotopic (exact) mass is 449 g/mol. The molecule has 1 unspecified atom stereocenters. The van der Waals surface area contributed by atoms with E-state index in [9.17, 15) is 5.11 Å². The number of aliphatic hydroxyl groups excluding tert-OH is 1. The minimum absolute atomic E-state index is 0.446. The van der Waals surface area contributed by atoms with Gasteiger partial charge < -0.3 is 19.3 Å². The summed E-state index contributed by atoms with van der Waals surface area (Å²) in [5, 5.41) is 15.4. The summed E-state index contributed by atoms with van der Waals surface area (Å²) in [6.07, 6.45) is 0.194. The average Bonchev–Trinajstić information content (AvgIpc) is 3.23. The van der Waals surface area contributed by atoms with Crippen LogP contribution in [-0.4, -0.2) is 60.7 Å². The van der Waals surface area contributed by atoms with E-state index in [0.717, 1.165) is 47.9 Å². The van der Waals surface area contributed by atoms with Gasteiger partial charge in [-0.15, -0.1) is 0 Å². The van der Waals surface area contributed by atoms with E-state index in [-0.39, 0.29) is 0 Å². The molecule has 3 aromatic rings. The SMILES string of the molecule is CC(C)CN(Cc1c(-c2ccccc2)noc1N1CCOCC1)CC(O)Cc1ccccc1. The minimum Gasteiger partial charge on any atom is -0.391 e. The van der Waals surface area contributed by atoms with Crippen LogP contribution in [0.2, 0.25) is 0 Å². The van der Waals surface area contributed by atoms with Crippen LogP contribution in [0.5, 0.6) is 0 Å². The van der Waals surface area contributed by atoms with Crippen LogP contribution in [0.15, 0.2) is 65.2 Å². The summed E-state index contributed by atoms with van der Waals surface area (Å²) in [5.41, 5.74) is 4.16. The molecule has 176 valence electrons. The molecule has 1 aliphatic heterocycles. The summed E-state index contributed by atoms with van der Waals surface area (Å²) in [6.45, 7) is 9.52. The number of hydrogen-bond donors (Lipinski definition) is 1. The van der Waals surface area contributed by atoms with Crippen molar-refractivity contribution in [1.82, 2.24) is 10.1 Å². The lowest BCUT2D eigenvalue weighted by Gasteiger charge is -2.30. The van der Waals surface area contributed by atoms with E-state index in [2.05, 4.69) is 53.1 Å². The van der Waals surface area contributed by atoms with Crippen molar-refractivity contribution in [3.63, 3.8) is 0 Å². The number of rotatable bonds is 10. The second kappa shape index (κ2) is 11.5. The lowest BCUT2D eigenvalue weighted by molar-refractivity contribution is 0.101. The molecule has 0 amide bonds. The highest BCUT2D eigenvalue weighted by Crippen LogP contribution is 2.33. The van der Waals surface area contributed by atoms with Crippen LogP contribution in [0.25, 0.3) is 11.3 Å². The van der Waals surface area contributed by atoms with Gasteiger partial charge in [-0.25, -0.2) is 0 Å². The minimum atomic E-state index is -0.446. The van der Waals surface area contributed by atoms with Crippen molar-refractivity contribution in [2.75, 3.05) is 44.3 Å². The summed E-state index contributed by atoms with van der Waals surface area (Å²) in [6, 6.07) is 20.4. The molecule has 6 nitrogen and oxygen atoms in total. The first-order valence-corrected chi connectivity index (χ1v) is 11.9. The van der Waals surface area contributed by atoms with E-state index in [4.69, 9.17) is 9.26 Å². The number of nitrogens with zero attached hydrogens (tertiary/aromatic N) is 3. The molecule has 1 atom stereocenters. The zero-order chi connectivity index (χ0) is 23.0. The van der Waals surface area contributed by atoms with Crippen molar-refractivity contribution in [2.45, 2.75) is 32.9 Å².